The van der Waals surface area contributed by atoms with Crippen LogP contribution in [0, 0.1) is 12.8 Å². The van der Waals surface area contributed by atoms with Crippen LogP contribution >= 0.6 is 11.6 Å². The standard InChI is InChI=1S/C15H19ClN2/c1-11-2-5-13-14(10-11)18(9-7-12-3-4-12)15(17-13)6-8-16/h2,5,10,12H,3-4,6-9H2,1H3. The number of alkyl halides is 1. The van der Waals surface area contributed by atoms with Crippen molar-refractivity contribution in [3.8, 4) is 0 Å². The molecule has 2 nitrogen and oxygen atoms in total. The number of hydrogen-bond donors (Lipinski definition) is 0. The van der Waals surface area contributed by atoms with E-state index in [2.05, 4.69) is 29.7 Å². The minimum absolute atomic E-state index is 0.645. The van der Waals surface area contributed by atoms with E-state index < -0.39 is 0 Å². The van der Waals surface area contributed by atoms with Gasteiger partial charge < -0.3 is 4.57 Å². The first-order valence-electron chi connectivity index (χ1n) is 6.79. The fourth-order valence-electron chi connectivity index (χ4n) is 2.53. The monoisotopic (exact) mass is 262 g/mol. The van der Waals surface area contributed by atoms with Gasteiger partial charge >= 0.3 is 0 Å². The number of nitrogens with zero attached hydrogens (tertiary/aromatic N) is 2. The van der Waals surface area contributed by atoms with E-state index in [1.165, 1.54) is 30.3 Å². The Morgan fingerprint density at radius 3 is 2.94 bits per heavy atom. The van der Waals surface area contributed by atoms with E-state index in [1.807, 2.05) is 0 Å². The maximum Gasteiger partial charge on any atom is 0.111 e. The molecule has 0 amide bonds. The number of benzene rings is 1. The molecular weight excluding hydrogens is 244 g/mol. The third-order valence-corrected chi connectivity index (χ3v) is 3.95. The molecule has 1 aliphatic carbocycles. The Bertz CT molecular complexity index is 555. The summed E-state index contributed by atoms with van der Waals surface area (Å²) < 4.78 is 2.38. The number of aryl methyl sites for hydroxylation is 3. The summed E-state index contributed by atoms with van der Waals surface area (Å²) >= 11 is 5.89. The van der Waals surface area contributed by atoms with Gasteiger partial charge in [-0.3, -0.25) is 0 Å². The Hall–Kier alpha value is -1.02. The molecule has 3 heteroatoms. The zero-order chi connectivity index (χ0) is 12.5. The van der Waals surface area contributed by atoms with Crippen LogP contribution in [0.4, 0.5) is 0 Å². The molecule has 2 aromatic rings. The lowest BCUT2D eigenvalue weighted by Gasteiger charge is -2.08. The molecule has 96 valence electrons. The van der Waals surface area contributed by atoms with Crippen LogP contribution < -0.4 is 0 Å². The van der Waals surface area contributed by atoms with E-state index >= 15 is 0 Å². The summed E-state index contributed by atoms with van der Waals surface area (Å²) in [4.78, 5) is 4.72. The Morgan fingerprint density at radius 1 is 1.39 bits per heavy atom. The topological polar surface area (TPSA) is 17.8 Å². The van der Waals surface area contributed by atoms with E-state index in [-0.39, 0.29) is 0 Å². The molecule has 1 aromatic carbocycles. The molecule has 3 rings (SSSR count). The lowest BCUT2D eigenvalue weighted by Crippen LogP contribution is -2.05. The molecule has 0 atom stereocenters. The zero-order valence-electron chi connectivity index (χ0n) is 10.8. The highest BCUT2D eigenvalue weighted by atomic mass is 35.5. The van der Waals surface area contributed by atoms with Crippen LogP contribution in [-0.4, -0.2) is 15.4 Å². The number of hydrogen-bond acceptors (Lipinski definition) is 1. The molecule has 0 unspecified atom stereocenters. The largest absolute Gasteiger partial charge is 0.328 e. The number of rotatable bonds is 5. The van der Waals surface area contributed by atoms with Gasteiger partial charge in [0.2, 0.25) is 0 Å². The molecule has 1 aliphatic rings. The second-order valence-corrected chi connectivity index (χ2v) is 5.72. The summed E-state index contributed by atoms with van der Waals surface area (Å²) in [5.74, 6) is 2.74. The summed E-state index contributed by atoms with van der Waals surface area (Å²) in [5.41, 5.74) is 3.68. The molecule has 1 fully saturated rings. The van der Waals surface area contributed by atoms with Crippen LogP contribution in [-0.2, 0) is 13.0 Å². The molecule has 0 bridgehead atoms. The van der Waals surface area contributed by atoms with Crippen molar-refractivity contribution in [1.82, 2.24) is 9.55 Å². The van der Waals surface area contributed by atoms with Gasteiger partial charge in [-0.25, -0.2) is 4.98 Å². The summed E-state index contributed by atoms with van der Waals surface area (Å²) in [7, 11) is 0. The third kappa shape index (κ3) is 2.39. The van der Waals surface area contributed by atoms with Gasteiger partial charge in [0.05, 0.1) is 11.0 Å². The summed E-state index contributed by atoms with van der Waals surface area (Å²) in [6, 6.07) is 6.49. The Morgan fingerprint density at radius 2 is 2.22 bits per heavy atom. The van der Waals surface area contributed by atoms with E-state index in [9.17, 15) is 0 Å². The molecule has 0 radical (unpaired) electrons. The first kappa shape index (κ1) is 12.0. The van der Waals surface area contributed by atoms with Gasteiger partial charge in [0, 0.05) is 18.8 Å². The first-order valence-corrected chi connectivity index (χ1v) is 7.33. The average Bonchev–Trinajstić information content (AvgIpc) is 3.11. The number of aromatic nitrogens is 2. The van der Waals surface area contributed by atoms with E-state index in [0.29, 0.717) is 5.88 Å². The highest BCUT2D eigenvalue weighted by molar-refractivity contribution is 6.17. The summed E-state index contributed by atoms with van der Waals surface area (Å²) in [6.07, 6.45) is 4.97. The highest BCUT2D eigenvalue weighted by Crippen LogP contribution is 2.33. The average molecular weight is 263 g/mol. The van der Waals surface area contributed by atoms with Crippen molar-refractivity contribution in [2.75, 3.05) is 5.88 Å². The Labute approximate surface area is 113 Å². The van der Waals surface area contributed by atoms with E-state index in [1.54, 1.807) is 0 Å². The minimum Gasteiger partial charge on any atom is -0.328 e. The van der Waals surface area contributed by atoms with Crippen LogP contribution in [0.5, 0.6) is 0 Å². The van der Waals surface area contributed by atoms with Crippen LogP contribution in [0.25, 0.3) is 11.0 Å². The first-order chi connectivity index (χ1) is 8.78. The SMILES string of the molecule is Cc1ccc2nc(CCCl)n(CCC3CC3)c2c1. The molecule has 1 aromatic heterocycles. The smallest absolute Gasteiger partial charge is 0.111 e. The van der Waals surface area contributed by atoms with Gasteiger partial charge in [-0.15, -0.1) is 11.6 Å². The van der Waals surface area contributed by atoms with Crippen molar-refractivity contribution < 1.29 is 0 Å². The fraction of sp³-hybridized carbons (Fsp3) is 0.533. The third-order valence-electron chi connectivity index (χ3n) is 3.76. The predicted octanol–water partition coefficient (Wildman–Crippen LogP) is 3.93. The zero-order valence-corrected chi connectivity index (χ0v) is 11.6. The maximum absolute atomic E-state index is 5.89. The van der Waals surface area contributed by atoms with Gasteiger partial charge in [-0.1, -0.05) is 18.9 Å². The van der Waals surface area contributed by atoms with Crippen molar-refractivity contribution in [2.45, 2.75) is 39.2 Å². The van der Waals surface area contributed by atoms with Crippen molar-refractivity contribution in [2.24, 2.45) is 5.92 Å². The van der Waals surface area contributed by atoms with Crippen LogP contribution in [0.2, 0.25) is 0 Å². The van der Waals surface area contributed by atoms with Crippen LogP contribution in [0.1, 0.15) is 30.7 Å². The summed E-state index contributed by atoms with van der Waals surface area (Å²) in [5, 5.41) is 0. The van der Waals surface area contributed by atoms with Crippen molar-refractivity contribution in [3.05, 3.63) is 29.6 Å². The number of imidazole rings is 1. The fourth-order valence-corrected chi connectivity index (χ4v) is 2.69. The molecule has 1 saturated carbocycles. The molecule has 0 saturated heterocycles. The quantitative estimate of drug-likeness (QED) is 0.747. The molecular formula is C15H19ClN2. The van der Waals surface area contributed by atoms with Gasteiger partial charge in [0.1, 0.15) is 5.82 Å². The molecule has 0 spiro atoms. The van der Waals surface area contributed by atoms with Crippen molar-refractivity contribution >= 4 is 22.6 Å². The van der Waals surface area contributed by atoms with Gasteiger partial charge in [-0.2, -0.15) is 0 Å². The predicted molar refractivity (Wildman–Crippen MR) is 76.2 cm³/mol. The molecule has 0 N–H and O–H groups in total. The highest BCUT2D eigenvalue weighted by Gasteiger charge is 2.21. The maximum atomic E-state index is 5.89. The minimum atomic E-state index is 0.645. The Balaban J connectivity index is 1.98. The van der Waals surface area contributed by atoms with Crippen molar-refractivity contribution in [1.29, 1.82) is 0 Å². The Kier molecular flexibility index (Phi) is 3.29. The normalized spacial score (nSPS) is 15.4. The lowest BCUT2D eigenvalue weighted by atomic mass is 10.2. The molecule has 1 heterocycles. The summed E-state index contributed by atoms with van der Waals surface area (Å²) in [6.45, 7) is 3.23. The molecule has 0 aliphatic heterocycles. The van der Waals surface area contributed by atoms with E-state index in [0.717, 1.165) is 30.2 Å². The lowest BCUT2D eigenvalue weighted by molar-refractivity contribution is 0.588. The van der Waals surface area contributed by atoms with Gasteiger partial charge in [0.25, 0.3) is 0 Å². The van der Waals surface area contributed by atoms with Crippen molar-refractivity contribution in [3.63, 3.8) is 0 Å². The van der Waals surface area contributed by atoms with Crippen LogP contribution in [0.3, 0.4) is 0 Å². The number of halogens is 1. The van der Waals surface area contributed by atoms with Crippen LogP contribution in [0.15, 0.2) is 18.2 Å². The van der Waals surface area contributed by atoms with E-state index in [4.69, 9.17) is 16.6 Å². The van der Waals surface area contributed by atoms with Gasteiger partial charge in [-0.05, 0) is 37.0 Å². The second-order valence-electron chi connectivity index (χ2n) is 5.34. The molecule has 18 heavy (non-hydrogen) atoms. The number of fused-ring (bicyclic) bond motifs is 1. The van der Waals surface area contributed by atoms with Gasteiger partial charge in [0.15, 0.2) is 0 Å². The second kappa shape index (κ2) is 4.93.